The molecule has 7 nitrogen and oxygen atoms in total. The fourth-order valence-electron chi connectivity index (χ4n) is 2.46. The summed E-state index contributed by atoms with van der Waals surface area (Å²) in [7, 11) is 1.85. The van der Waals surface area contributed by atoms with Gasteiger partial charge in [-0.05, 0) is 25.1 Å². The fraction of sp³-hybridized carbons (Fsp3) is 0.500. The van der Waals surface area contributed by atoms with Gasteiger partial charge in [0.1, 0.15) is 17.9 Å². The van der Waals surface area contributed by atoms with E-state index in [2.05, 4.69) is 31.5 Å². The van der Waals surface area contributed by atoms with Crippen LogP contribution in [0.5, 0.6) is 0 Å². The van der Waals surface area contributed by atoms with Gasteiger partial charge >= 0.3 is 0 Å². The van der Waals surface area contributed by atoms with Crippen molar-refractivity contribution in [3.8, 4) is 0 Å². The van der Waals surface area contributed by atoms with E-state index in [1.165, 1.54) is 0 Å². The molecule has 0 fully saturated rings. The maximum absolute atomic E-state index is 11.3. The first kappa shape index (κ1) is 19.2. The Kier molecular flexibility index (Phi) is 7.72. The number of nitrogens with zero attached hydrogens (tertiary/aromatic N) is 2. The van der Waals surface area contributed by atoms with Crippen molar-refractivity contribution in [1.29, 1.82) is 0 Å². The van der Waals surface area contributed by atoms with Gasteiger partial charge < -0.3 is 15.4 Å². The highest BCUT2D eigenvalue weighted by atomic mass is 16.1. The molecule has 2 rings (SSSR count). The van der Waals surface area contributed by atoms with Crippen LogP contribution in [0.2, 0.25) is 0 Å². The molecular weight excluding hydrogens is 316 g/mol. The van der Waals surface area contributed by atoms with Crippen LogP contribution < -0.4 is 21.5 Å². The van der Waals surface area contributed by atoms with Crippen molar-refractivity contribution in [2.45, 2.75) is 26.3 Å². The molecule has 0 aliphatic heterocycles. The van der Waals surface area contributed by atoms with Crippen LogP contribution in [-0.2, 0) is 11.2 Å². The zero-order valence-corrected chi connectivity index (χ0v) is 15.2. The van der Waals surface area contributed by atoms with Crippen LogP contribution in [0.25, 0.3) is 10.9 Å². The third kappa shape index (κ3) is 5.74. The van der Waals surface area contributed by atoms with Gasteiger partial charge in [0, 0.05) is 31.4 Å². The normalized spacial score (nSPS) is 12.5. The fourth-order valence-corrected chi connectivity index (χ4v) is 2.46. The van der Waals surface area contributed by atoms with Gasteiger partial charge in [0.25, 0.3) is 0 Å². The lowest BCUT2D eigenvalue weighted by Crippen LogP contribution is -2.35. The predicted octanol–water partition coefficient (Wildman–Crippen LogP) is 1.12. The quantitative estimate of drug-likeness (QED) is 0.276. The van der Waals surface area contributed by atoms with Crippen LogP contribution in [0.15, 0.2) is 24.3 Å². The van der Waals surface area contributed by atoms with Gasteiger partial charge in [0.05, 0.1) is 11.6 Å². The number of benzene rings is 1. The zero-order valence-electron chi connectivity index (χ0n) is 15.2. The first-order valence-corrected chi connectivity index (χ1v) is 8.73. The van der Waals surface area contributed by atoms with Gasteiger partial charge in [0.2, 0.25) is 0 Å². The molecule has 0 spiro atoms. The lowest BCUT2D eigenvalue weighted by Gasteiger charge is -2.18. The van der Waals surface area contributed by atoms with E-state index < -0.39 is 0 Å². The van der Waals surface area contributed by atoms with Crippen LogP contribution in [0.4, 0.5) is 5.82 Å². The summed E-state index contributed by atoms with van der Waals surface area (Å²) < 4.78 is 0. The second-order valence-electron chi connectivity index (χ2n) is 6.23. The summed E-state index contributed by atoms with van der Waals surface area (Å²) in [5.41, 5.74) is 6.81. The average molecular weight is 344 g/mol. The highest BCUT2D eigenvalue weighted by Crippen LogP contribution is 2.21. The number of nitrogens with one attached hydrogen (secondary N) is 4. The Hall–Kier alpha value is -2.09. The first-order chi connectivity index (χ1) is 12.2. The molecule has 0 amide bonds. The number of carbonyl (C=O) groups excluding carboxylic acids is 1. The molecular formula is C18H28N6O. The monoisotopic (exact) mass is 344 g/mol. The van der Waals surface area contributed by atoms with Crippen molar-refractivity contribution in [3.63, 3.8) is 0 Å². The Bertz CT molecular complexity index is 676. The highest BCUT2D eigenvalue weighted by molar-refractivity contribution is 5.90. The highest BCUT2D eigenvalue weighted by Gasteiger charge is 2.15. The molecule has 136 valence electrons. The number of aromatic nitrogens is 2. The molecule has 1 heterocycles. The number of rotatable bonds is 11. The third-order valence-electron chi connectivity index (χ3n) is 3.95. The van der Waals surface area contributed by atoms with Crippen molar-refractivity contribution in [1.82, 2.24) is 26.1 Å². The number of carbonyl (C=O) groups is 1. The smallest absolute Gasteiger partial charge is 0.142 e. The molecule has 2 aromatic rings. The molecule has 1 aromatic carbocycles. The van der Waals surface area contributed by atoms with Crippen LogP contribution in [0.3, 0.4) is 0 Å². The molecule has 1 aromatic heterocycles. The van der Waals surface area contributed by atoms with E-state index in [-0.39, 0.29) is 12.0 Å². The van der Waals surface area contributed by atoms with Crippen LogP contribution in [0.1, 0.15) is 19.7 Å². The summed E-state index contributed by atoms with van der Waals surface area (Å²) in [5, 5.41) is 7.55. The van der Waals surface area contributed by atoms with Crippen molar-refractivity contribution < 1.29 is 4.79 Å². The molecule has 0 aliphatic carbocycles. The van der Waals surface area contributed by atoms with Crippen molar-refractivity contribution in [2.75, 3.05) is 32.0 Å². The second kappa shape index (κ2) is 10.0. The number of hydrazine groups is 1. The topological polar surface area (TPSA) is 91.0 Å². The Morgan fingerprint density at radius 3 is 2.64 bits per heavy atom. The second-order valence-corrected chi connectivity index (χ2v) is 6.23. The van der Waals surface area contributed by atoms with E-state index in [9.17, 15) is 4.79 Å². The Morgan fingerprint density at radius 1 is 1.12 bits per heavy atom. The van der Waals surface area contributed by atoms with E-state index >= 15 is 0 Å². The van der Waals surface area contributed by atoms with E-state index in [0.717, 1.165) is 54.9 Å². The summed E-state index contributed by atoms with van der Waals surface area (Å²) >= 11 is 0. The zero-order chi connectivity index (χ0) is 18.1. The third-order valence-corrected chi connectivity index (χ3v) is 3.95. The van der Waals surface area contributed by atoms with Gasteiger partial charge in [0.15, 0.2) is 0 Å². The standard InChI is InChI=1S/C18H28N6O/c1-13(2)16(12-25)23-18-14-6-4-5-7-15(14)22-17(24-18)8-9-20-10-11-21-19-3/h4-7,12-13,16,19-21H,8-11H2,1-3H3,(H,22,23,24). The Balaban J connectivity index is 2.11. The van der Waals surface area contributed by atoms with Crippen LogP contribution in [0, 0.1) is 5.92 Å². The number of anilines is 1. The molecule has 4 N–H and O–H groups in total. The summed E-state index contributed by atoms with van der Waals surface area (Å²) in [4.78, 5) is 20.6. The molecule has 1 unspecified atom stereocenters. The van der Waals surface area contributed by atoms with Crippen molar-refractivity contribution in [2.24, 2.45) is 5.92 Å². The van der Waals surface area contributed by atoms with E-state index in [1.54, 1.807) is 0 Å². The molecule has 0 aliphatic rings. The maximum atomic E-state index is 11.3. The molecule has 25 heavy (non-hydrogen) atoms. The Morgan fingerprint density at radius 2 is 1.92 bits per heavy atom. The van der Waals surface area contributed by atoms with Crippen molar-refractivity contribution >= 4 is 23.0 Å². The summed E-state index contributed by atoms with van der Waals surface area (Å²) in [6.45, 7) is 6.53. The summed E-state index contributed by atoms with van der Waals surface area (Å²) in [5.74, 6) is 1.68. The largest absolute Gasteiger partial charge is 0.360 e. The van der Waals surface area contributed by atoms with Gasteiger partial charge in [-0.1, -0.05) is 26.0 Å². The van der Waals surface area contributed by atoms with E-state index in [0.29, 0.717) is 0 Å². The van der Waals surface area contributed by atoms with Gasteiger partial charge in [-0.25, -0.2) is 9.97 Å². The van der Waals surface area contributed by atoms with Crippen LogP contribution >= 0.6 is 0 Å². The molecule has 7 heteroatoms. The minimum absolute atomic E-state index is 0.191. The molecule has 0 saturated heterocycles. The minimum Gasteiger partial charge on any atom is -0.360 e. The van der Waals surface area contributed by atoms with Crippen molar-refractivity contribution in [3.05, 3.63) is 30.1 Å². The van der Waals surface area contributed by atoms with Crippen LogP contribution in [-0.4, -0.2) is 49.0 Å². The number of hydrogen-bond donors (Lipinski definition) is 4. The predicted molar refractivity (Wildman–Crippen MR) is 101 cm³/mol. The lowest BCUT2D eigenvalue weighted by molar-refractivity contribution is -0.109. The number of hydrogen-bond acceptors (Lipinski definition) is 7. The van der Waals surface area contributed by atoms with Gasteiger partial charge in [-0.15, -0.1) is 0 Å². The number of aldehydes is 1. The lowest BCUT2D eigenvalue weighted by atomic mass is 10.1. The number of para-hydroxylation sites is 1. The maximum Gasteiger partial charge on any atom is 0.142 e. The summed E-state index contributed by atoms with van der Waals surface area (Å²) in [6.07, 6.45) is 1.67. The molecule has 1 atom stereocenters. The summed E-state index contributed by atoms with van der Waals surface area (Å²) in [6, 6.07) is 7.60. The van der Waals surface area contributed by atoms with Gasteiger partial charge in [-0.3, -0.25) is 10.9 Å². The molecule has 0 bridgehead atoms. The Labute approximate surface area is 149 Å². The SMILES string of the molecule is CNNCCNCCc1nc(NC(C=O)C(C)C)c2ccccc2n1. The van der Waals surface area contributed by atoms with E-state index in [1.807, 2.05) is 45.2 Å². The molecule has 0 saturated carbocycles. The molecule has 0 radical (unpaired) electrons. The average Bonchev–Trinajstić information content (AvgIpc) is 2.62. The van der Waals surface area contributed by atoms with E-state index in [4.69, 9.17) is 0 Å². The number of fused-ring (bicyclic) bond motifs is 1. The van der Waals surface area contributed by atoms with Gasteiger partial charge in [-0.2, -0.15) is 0 Å². The minimum atomic E-state index is -0.267. The first-order valence-electron chi connectivity index (χ1n) is 8.73.